The molecule has 0 atom stereocenters. The van der Waals surface area contributed by atoms with Crippen LogP contribution in [0.4, 0.5) is 8.78 Å². The number of pyridine rings is 1. The minimum atomic E-state index is -2.83. The van der Waals surface area contributed by atoms with Crippen molar-refractivity contribution in [3.05, 3.63) is 64.2 Å². The van der Waals surface area contributed by atoms with Gasteiger partial charge in [0.25, 0.3) is 5.89 Å². The molecule has 2 aliphatic rings. The Hall–Kier alpha value is -3.09. The van der Waals surface area contributed by atoms with Crippen molar-refractivity contribution in [3.63, 3.8) is 0 Å². The van der Waals surface area contributed by atoms with E-state index < -0.39 is 12.3 Å². The van der Waals surface area contributed by atoms with E-state index in [1.165, 1.54) is 11.8 Å². The lowest BCUT2D eigenvalue weighted by Crippen LogP contribution is -2.36. The molecule has 40 heavy (non-hydrogen) atoms. The summed E-state index contributed by atoms with van der Waals surface area (Å²) in [6, 6.07) is 10.1. The van der Waals surface area contributed by atoms with E-state index >= 15 is 0 Å². The lowest BCUT2D eigenvalue weighted by atomic mass is 9.90. The highest BCUT2D eigenvalue weighted by Gasteiger charge is 2.26. The van der Waals surface area contributed by atoms with Crippen LogP contribution in [0.3, 0.4) is 0 Å². The van der Waals surface area contributed by atoms with Crippen LogP contribution in [0.25, 0.3) is 22.5 Å². The molecule has 2 fully saturated rings. The van der Waals surface area contributed by atoms with Gasteiger partial charge in [0.1, 0.15) is 0 Å². The number of hydrogen-bond acceptors (Lipinski definition) is 8. The summed E-state index contributed by atoms with van der Waals surface area (Å²) in [5.74, 6) is -0.246. The van der Waals surface area contributed by atoms with E-state index in [0.29, 0.717) is 23.7 Å². The van der Waals surface area contributed by atoms with Gasteiger partial charge < -0.3 is 9.32 Å². The molecular weight excluding hydrogens is 536 g/mol. The fourth-order valence-corrected chi connectivity index (χ4v) is 6.50. The van der Waals surface area contributed by atoms with Gasteiger partial charge in [0.2, 0.25) is 5.89 Å². The third-order valence-corrected chi connectivity index (χ3v) is 9.12. The molecule has 0 amide bonds. The monoisotopic (exact) mass is 569 g/mol. The average Bonchev–Trinajstić information content (AvgIpc) is 3.58. The number of hydrogen-bond donors (Lipinski definition) is 0. The first kappa shape index (κ1) is 27.1. The van der Waals surface area contributed by atoms with Crippen LogP contribution in [0, 0.1) is 0 Å². The molecule has 212 valence electrons. The Morgan fingerprint density at radius 1 is 1.02 bits per heavy atom. The van der Waals surface area contributed by atoms with E-state index in [4.69, 9.17) is 4.42 Å². The van der Waals surface area contributed by atoms with E-state index in [0.717, 1.165) is 62.9 Å². The molecule has 3 aromatic heterocycles. The normalized spacial score (nSPS) is 18.3. The Labute approximate surface area is 235 Å². The average molecular weight is 570 g/mol. The van der Waals surface area contributed by atoms with Gasteiger partial charge in [-0.25, -0.2) is 4.79 Å². The molecule has 0 aliphatic carbocycles. The second-order valence-electron chi connectivity index (χ2n) is 10.7. The highest BCUT2D eigenvalue weighted by molar-refractivity contribution is 7.96. The largest absolute Gasteiger partial charge is 0.415 e. The molecule has 9 nitrogen and oxygen atoms in total. The van der Waals surface area contributed by atoms with Gasteiger partial charge in [-0.1, -0.05) is 18.0 Å². The Morgan fingerprint density at radius 2 is 1.80 bits per heavy atom. The molecule has 0 spiro atoms. The van der Waals surface area contributed by atoms with Crippen LogP contribution >= 0.6 is 11.9 Å². The minimum absolute atomic E-state index is 0.0127. The van der Waals surface area contributed by atoms with Crippen LogP contribution in [0.1, 0.15) is 61.2 Å². The van der Waals surface area contributed by atoms with Gasteiger partial charge in [0, 0.05) is 25.3 Å². The van der Waals surface area contributed by atoms with Crippen LogP contribution in [-0.2, 0) is 6.54 Å². The van der Waals surface area contributed by atoms with Gasteiger partial charge in [0.05, 0.1) is 28.8 Å². The number of halogens is 2. The van der Waals surface area contributed by atoms with E-state index in [1.807, 2.05) is 16.5 Å². The molecule has 2 aliphatic heterocycles. The summed E-state index contributed by atoms with van der Waals surface area (Å²) in [7, 11) is 2.12. The molecule has 0 unspecified atom stereocenters. The first-order valence-electron chi connectivity index (χ1n) is 13.7. The lowest BCUT2D eigenvalue weighted by molar-refractivity contribution is 0.116. The summed E-state index contributed by atoms with van der Waals surface area (Å²) in [4.78, 5) is 20.8. The van der Waals surface area contributed by atoms with Crippen LogP contribution in [0.15, 0.2) is 45.7 Å². The Bertz CT molecular complexity index is 1520. The number of likely N-dealkylation sites (tertiary alicyclic amines) is 1. The summed E-state index contributed by atoms with van der Waals surface area (Å²) in [5, 5.41) is 7.07. The lowest BCUT2D eigenvalue weighted by Gasteiger charge is -2.31. The van der Waals surface area contributed by atoms with Gasteiger partial charge in [-0.3, -0.25) is 18.4 Å². The fraction of sp³-hybridized carbons (Fsp3) is 0.500. The second-order valence-corrected chi connectivity index (χ2v) is 11.6. The van der Waals surface area contributed by atoms with Crippen LogP contribution < -0.4 is 5.69 Å². The molecule has 4 aromatic rings. The van der Waals surface area contributed by atoms with Gasteiger partial charge in [-0.2, -0.15) is 8.78 Å². The number of nitrogens with zero attached hydrogens (tertiary/aromatic N) is 7. The van der Waals surface area contributed by atoms with Crippen molar-refractivity contribution in [2.45, 2.75) is 50.6 Å². The zero-order valence-electron chi connectivity index (χ0n) is 22.7. The summed E-state index contributed by atoms with van der Waals surface area (Å²) < 4.78 is 36.9. The number of aromatic nitrogens is 5. The van der Waals surface area contributed by atoms with Crippen LogP contribution in [-0.4, -0.2) is 73.0 Å². The highest BCUT2D eigenvalue weighted by Crippen LogP contribution is 2.33. The van der Waals surface area contributed by atoms with E-state index in [1.54, 1.807) is 16.7 Å². The third kappa shape index (κ3) is 5.31. The first-order valence-corrected chi connectivity index (χ1v) is 14.9. The van der Waals surface area contributed by atoms with Gasteiger partial charge in [-0.15, -0.1) is 10.2 Å². The minimum Gasteiger partial charge on any atom is -0.415 e. The van der Waals surface area contributed by atoms with Crippen molar-refractivity contribution in [2.75, 3.05) is 39.5 Å². The number of alkyl halides is 2. The number of benzene rings is 1. The SMILES string of the molecule is CSN1CCC(c2ccc3c(c2)n(C2CCN(C)CC2)c(=O)n3Cc2ccc(-c3nnc(C(F)F)o3)cn2)CC1. The maximum absolute atomic E-state index is 14.0. The molecular formula is C28H33F2N7O2S. The molecule has 12 heteroatoms. The summed E-state index contributed by atoms with van der Waals surface area (Å²) in [6.07, 6.45) is 4.91. The molecule has 0 bridgehead atoms. The van der Waals surface area contributed by atoms with Gasteiger partial charge >= 0.3 is 12.1 Å². The predicted octanol–water partition coefficient (Wildman–Crippen LogP) is 4.96. The number of imidazole rings is 1. The van der Waals surface area contributed by atoms with Gasteiger partial charge in [0.15, 0.2) is 0 Å². The highest BCUT2D eigenvalue weighted by atomic mass is 32.2. The molecule has 6 rings (SSSR count). The molecule has 0 saturated carbocycles. The van der Waals surface area contributed by atoms with E-state index in [2.05, 4.69) is 55.9 Å². The topological polar surface area (TPSA) is 85.2 Å². The fourth-order valence-electron chi connectivity index (χ4n) is 5.93. The molecule has 5 heterocycles. The van der Waals surface area contributed by atoms with Crippen molar-refractivity contribution in [1.82, 2.24) is 33.5 Å². The summed E-state index contributed by atoms with van der Waals surface area (Å²) in [5.41, 5.74) is 4.29. The van der Waals surface area contributed by atoms with Crippen molar-refractivity contribution < 1.29 is 13.2 Å². The maximum atomic E-state index is 14.0. The van der Waals surface area contributed by atoms with Crippen LogP contribution in [0.5, 0.6) is 0 Å². The van der Waals surface area contributed by atoms with Crippen molar-refractivity contribution >= 4 is 23.0 Å². The molecule has 1 aromatic carbocycles. The zero-order valence-corrected chi connectivity index (χ0v) is 23.5. The number of rotatable bonds is 7. The second kappa shape index (κ2) is 11.4. The van der Waals surface area contributed by atoms with E-state index in [9.17, 15) is 13.6 Å². The summed E-state index contributed by atoms with van der Waals surface area (Å²) in [6.45, 7) is 4.36. The van der Waals surface area contributed by atoms with Crippen molar-refractivity contribution in [3.8, 4) is 11.5 Å². The number of piperidine rings is 2. The third-order valence-electron chi connectivity index (χ3n) is 8.24. The Morgan fingerprint density at radius 3 is 2.45 bits per heavy atom. The van der Waals surface area contributed by atoms with Crippen molar-refractivity contribution in [1.29, 1.82) is 0 Å². The maximum Gasteiger partial charge on any atom is 0.329 e. The Balaban J connectivity index is 1.33. The standard InChI is InChI=1S/C28H33F2N7O2S/c1-34-11-9-22(10-12-34)37-24-15-19(18-7-13-35(40-2)14-8-18)4-6-23(24)36(28(37)38)17-21-5-3-20(16-31-21)26-32-33-27(39-26)25(29)30/h3-6,15-16,18,22,25H,7-14,17H2,1-2H3. The van der Waals surface area contributed by atoms with Gasteiger partial charge in [-0.05, 0) is 87.8 Å². The molecule has 2 saturated heterocycles. The predicted molar refractivity (Wildman–Crippen MR) is 151 cm³/mol. The van der Waals surface area contributed by atoms with Crippen molar-refractivity contribution in [2.24, 2.45) is 0 Å². The quantitative estimate of drug-likeness (QED) is 0.289. The zero-order chi connectivity index (χ0) is 27.8. The summed E-state index contributed by atoms with van der Waals surface area (Å²) >= 11 is 1.81. The Kier molecular flexibility index (Phi) is 7.74. The van der Waals surface area contributed by atoms with E-state index in [-0.39, 0.29) is 17.6 Å². The smallest absolute Gasteiger partial charge is 0.329 e. The molecule has 0 radical (unpaired) electrons. The van der Waals surface area contributed by atoms with Crippen LogP contribution in [0.2, 0.25) is 0 Å². The number of fused-ring (bicyclic) bond motifs is 1. The molecule has 0 N–H and O–H groups in total. The first-order chi connectivity index (χ1) is 19.4.